The number of hydrogen-bond acceptors (Lipinski definition) is 5. The van der Waals surface area contributed by atoms with Crippen molar-refractivity contribution in [1.82, 2.24) is 4.31 Å². The summed E-state index contributed by atoms with van der Waals surface area (Å²) in [5, 5.41) is 11.3. The van der Waals surface area contributed by atoms with E-state index >= 15 is 0 Å². The van der Waals surface area contributed by atoms with E-state index < -0.39 is 27.8 Å². The van der Waals surface area contributed by atoms with E-state index in [1.54, 1.807) is 31.2 Å². The summed E-state index contributed by atoms with van der Waals surface area (Å²) in [5.41, 5.74) is 1.46. The molecule has 1 aromatic carbocycles. The first kappa shape index (κ1) is 20.7. The van der Waals surface area contributed by atoms with Gasteiger partial charge in [-0.15, -0.1) is 0 Å². The molecule has 0 radical (unpaired) electrons. The van der Waals surface area contributed by atoms with Crippen molar-refractivity contribution in [2.45, 2.75) is 25.4 Å². The number of aryl methyl sites for hydroxylation is 1. The third-order valence-electron chi connectivity index (χ3n) is 4.05. The van der Waals surface area contributed by atoms with Crippen LogP contribution in [0.3, 0.4) is 0 Å². The molecule has 0 aliphatic rings. The number of sulfonamides is 1. The molecule has 0 aliphatic heterocycles. The zero-order valence-electron chi connectivity index (χ0n) is 15.5. The van der Waals surface area contributed by atoms with Crippen LogP contribution in [0.2, 0.25) is 0 Å². The van der Waals surface area contributed by atoms with E-state index in [-0.39, 0.29) is 16.4 Å². The summed E-state index contributed by atoms with van der Waals surface area (Å²) in [6, 6.07) is 7.99. The molecule has 1 unspecified atom stereocenters. The normalized spacial score (nSPS) is 12.8. The van der Waals surface area contributed by atoms with Crippen LogP contribution in [0.25, 0.3) is 0 Å². The Morgan fingerprint density at radius 3 is 2.33 bits per heavy atom. The van der Waals surface area contributed by atoms with Crippen LogP contribution in [0.15, 0.2) is 39.8 Å². The molecule has 1 heterocycles. The smallest absolute Gasteiger partial charge is 0.306 e. The number of carboxylic acids is 1. The predicted molar refractivity (Wildman–Crippen MR) is 99.2 cm³/mol. The quantitative estimate of drug-likeness (QED) is 0.744. The first-order valence-corrected chi connectivity index (χ1v) is 9.62. The Bertz CT molecular complexity index is 945. The minimum atomic E-state index is -3.77. The Morgan fingerprint density at radius 1 is 1.22 bits per heavy atom. The van der Waals surface area contributed by atoms with Crippen LogP contribution in [0, 0.1) is 12.8 Å². The number of nitrogens with one attached hydrogen (secondary N) is 1. The fourth-order valence-corrected chi connectivity index (χ4v) is 3.21. The van der Waals surface area contributed by atoms with Gasteiger partial charge in [0.25, 0.3) is 15.9 Å². The molecule has 2 aromatic rings. The number of carbonyl (C=O) groups excluding carboxylic acids is 1. The summed E-state index contributed by atoms with van der Waals surface area (Å²) in [6.45, 7) is 3.14. The SMILES string of the molecule is Cc1oc(S(=O)(=O)N(C)C)cc1C(=O)Nc1ccc(CC(C)C(=O)O)cc1. The minimum Gasteiger partial charge on any atom is -0.481 e. The molecule has 8 nitrogen and oxygen atoms in total. The van der Waals surface area contributed by atoms with Crippen molar-refractivity contribution >= 4 is 27.6 Å². The van der Waals surface area contributed by atoms with Crippen molar-refractivity contribution < 1.29 is 27.5 Å². The second kappa shape index (κ2) is 7.93. The van der Waals surface area contributed by atoms with Crippen molar-refractivity contribution in [3.05, 3.63) is 47.2 Å². The zero-order valence-corrected chi connectivity index (χ0v) is 16.3. The van der Waals surface area contributed by atoms with Crippen molar-refractivity contribution in [1.29, 1.82) is 0 Å². The van der Waals surface area contributed by atoms with Gasteiger partial charge in [0.15, 0.2) is 0 Å². The molecule has 1 aromatic heterocycles. The highest BCUT2D eigenvalue weighted by atomic mass is 32.2. The van der Waals surface area contributed by atoms with Crippen LogP contribution in [-0.4, -0.2) is 43.8 Å². The topological polar surface area (TPSA) is 117 Å². The van der Waals surface area contributed by atoms with E-state index in [9.17, 15) is 18.0 Å². The van der Waals surface area contributed by atoms with Crippen molar-refractivity contribution in [2.24, 2.45) is 5.92 Å². The monoisotopic (exact) mass is 394 g/mol. The number of carboxylic acid groups (broad SMARTS) is 1. The summed E-state index contributed by atoms with van der Waals surface area (Å²) >= 11 is 0. The number of anilines is 1. The lowest BCUT2D eigenvalue weighted by Crippen LogP contribution is -2.21. The molecular weight excluding hydrogens is 372 g/mol. The van der Waals surface area contributed by atoms with E-state index in [0.29, 0.717) is 12.1 Å². The average molecular weight is 394 g/mol. The first-order chi connectivity index (χ1) is 12.5. The third-order valence-corrected chi connectivity index (χ3v) is 5.72. The number of rotatable bonds is 7. The average Bonchev–Trinajstić information content (AvgIpc) is 2.99. The molecular formula is C18H22N2O6S. The van der Waals surface area contributed by atoms with Gasteiger partial charge in [-0.25, -0.2) is 12.7 Å². The van der Waals surface area contributed by atoms with Crippen LogP contribution in [0.1, 0.15) is 28.6 Å². The standard InChI is InChI=1S/C18H22N2O6S/c1-11(18(22)23)9-13-5-7-14(8-6-13)19-17(21)15-10-16(26-12(15)2)27(24,25)20(3)4/h5-8,10-11H,9H2,1-4H3,(H,19,21)(H,22,23). The van der Waals surface area contributed by atoms with Crippen molar-refractivity contribution in [2.75, 3.05) is 19.4 Å². The van der Waals surface area contributed by atoms with Crippen molar-refractivity contribution in [3.8, 4) is 0 Å². The number of carbonyl (C=O) groups is 2. The molecule has 1 amide bonds. The van der Waals surface area contributed by atoms with Gasteiger partial charge >= 0.3 is 5.97 Å². The summed E-state index contributed by atoms with van der Waals surface area (Å²) in [5.74, 6) is -1.68. The maximum atomic E-state index is 12.4. The summed E-state index contributed by atoms with van der Waals surface area (Å²) < 4.78 is 30.5. The van der Waals surface area contributed by atoms with Gasteiger partial charge in [-0.2, -0.15) is 0 Å². The highest BCUT2D eigenvalue weighted by Crippen LogP contribution is 2.22. The fraction of sp³-hybridized carbons (Fsp3) is 0.333. The highest BCUT2D eigenvalue weighted by Gasteiger charge is 2.25. The summed E-state index contributed by atoms with van der Waals surface area (Å²) in [7, 11) is -1.02. The number of amides is 1. The van der Waals surface area contributed by atoms with Crippen LogP contribution in [0.4, 0.5) is 5.69 Å². The van der Waals surface area contributed by atoms with Gasteiger partial charge in [-0.1, -0.05) is 19.1 Å². The van der Waals surface area contributed by atoms with Gasteiger partial charge in [-0.3, -0.25) is 9.59 Å². The number of aliphatic carboxylic acids is 1. The number of nitrogens with zero attached hydrogens (tertiary/aromatic N) is 1. The lowest BCUT2D eigenvalue weighted by atomic mass is 10.0. The number of hydrogen-bond donors (Lipinski definition) is 2. The molecule has 0 saturated carbocycles. The van der Waals surface area contributed by atoms with Crippen LogP contribution in [0.5, 0.6) is 0 Å². The Kier molecular flexibility index (Phi) is 6.07. The van der Waals surface area contributed by atoms with E-state index in [1.807, 2.05) is 0 Å². The highest BCUT2D eigenvalue weighted by molar-refractivity contribution is 7.88. The molecule has 0 aliphatic carbocycles. The van der Waals surface area contributed by atoms with Gasteiger partial charge in [0.2, 0.25) is 5.09 Å². The molecule has 9 heteroatoms. The van der Waals surface area contributed by atoms with Gasteiger partial charge in [0.05, 0.1) is 11.5 Å². The Morgan fingerprint density at radius 2 is 1.81 bits per heavy atom. The molecule has 2 N–H and O–H groups in total. The number of furan rings is 1. The van der Waals surface area contributed by atoms with Gasteiger partial charge < -0.3 is 14.8 Å². The molecule has 0 fully saturated rings. The molecule has 2 rings (SSSR count). The second-order valence-electron chi connectivity index (χ2n) is 6.42. The summed E-state index contributed by atoms with van der Waals surface area (Å²) in [4.78, 5) is 23.3. The van der Waals surface area contributed by atoms with Crippen LogP contribution < -0.4 is 5.32 Å². The lowest BCUT2D eigenvalue weighted by molar-refractivity contribution is -0.141. The molecule has 0 saturated heterocycles. The van der Waals surface area contributed by atoms with Crippen LogP contribution in [-0.2, 0) is 21.2 Å². The summed E-state index contributed by atoms with van der Waals surface area (Å²) in [6.07, 6.45) is 0.385. The maximum absolute atomic E-state index is 12.4. The zero-order chi connectivity index (χ0) is 20.4. The van der Waals surface area contributed by atoms with Gasteiger partial charge in [0.1, 0.15) is 5.76 Å². The molecule has 146 valence electrons. The Hall–Kier alpha value is -2.65. The Labute approximate surface area is 157 Å². The predicted octanol–water partition coefficient (Wildman–Crippen LogP) is 2.35. The second-order valence-corrected chi connectivity index (χ2v) is 8.50. The van der Waals surface area contributed by atoms with Crippen molar-refractivity contribution in [3.63, 3.8) is 0 Å². The fourth-order valence-electron chi connectivity index (χ4n) is 2.35. The first-order valence-electron chi connectivity index (χ1n) is 8.18. The molecule has 0 bridgehead atoms. The van der Waals surface area contributed by atoms with Gasteiger partial charge in [-0.05, 0) is 31.0 Å². The molecule has 1 atom stereocenters. The number of benzene rings is 1. The van der Waals surface area contributed by atoms with E-state index in [1.165, 1.54) is 27.1 Å². The van der Waals surface area contributed by atoms with Crippen LogP contribution >= 0.6 is 0 Å². The molecule has 0 spiro atoms. The van der Waals surface area contributed by atoms with E-state index in [2.05, 4.69) is 5.32 Å². The lowest BCUT2D eigenvalue weighted by Gasteiger charge is -2.08. The maximum Gasteiger partial charge on any atom is 0.306 e. The molecule has 27 heavy (non-hydrogen) atoms. The van der Waals surface area contributed by atoms with E-state index in [4.69, 9.17) is 9.52 Å². The van der Waals surface area contributed by atoms with E-state index in [0.717, 1.165) is 9.87 Å². The largest absolute Gasteiger partial charge is 0.481 e. The Balaban J connectivity index is 2.14. The minimum absolute atomic E-state index is 0.124. The van der Waals surface area contributed by atoms with Gasteiger partial charge in [0, 0.05) is 25.8 Å². The third kappa shape index (κ3) is 4.75.